The topological polar surface area (TPSA) is 82.7 Å². The molecule has 0 radical (unpaired) electrons. The highest BCUT2D eigenvalue weighted by Crippen LogP contribution is 2.44. The molecule has 0 fully saturated rings. The van der Waals surface area contributed by atoms with Gasteiger partial charge >= 0.3 is 6.18 Å². The number of aromatic nitrogens is 2. The number of nitrogens with one attached hydrogen (secondary N) is 2. The van der Waals surface area contributed by atoms with Gasteiger partial charge in [-0.1, -0.05) is 30.3 Å². The third-order valence-corrected chi connectivity index (χ3v) is 7.40. The van der Waals surface area contributed by atoms with Crippen LogP contribution in [0.2, 0.25) is 0 Å². The van der Waals surface area contributed by atoms with Gasteiger partial charge in [-0.15, -0.1) is 11.3 Å². The van der Waals surface area contributed by atoms with Gasteiger partial charge in [-0.25, -0.2) is 4.68 Å². The molecule has 1 aliphatic carbocycles. The third kappa shape index (κ3) is 3.86. The van der Waals surface area contributed by atoms with Gasteiger partial charge in [-0.05, 0) is 36.8 Å². The summed E-state index contributed by atoms with van der Waals surface area (Å²) in [5.41, 5.74) is 2.14. The SMILES string of the molecule is N#Cc1c(NC(=O)c2cnn3c2N[C@@H](c2ccccc2)C[C@H]3C(F)(F)F)sc2c1CCCC2. The summed E-state index contributed by atoms with van der Waals surface area (Å²) >= 11 is 1.37. The molecule has 2 aromatic heterocycles. The quantitative estimate of drug-likeness (QED) is 0.520. The lowest BCUT2D eigenvalue weighted by Crippen LogP contribution is -2.36. The molecule has 0 spiro atoms. The van der Waals surface area contributed by atoms with Crippen LogP contribution in [0.4, 0.5) is 24.0 Å². The van der Waals surface area contributed by atoms with E-state index >= 15 is 0 Å². The molecule has 170 valence electrons. The fourth-order valence-corrected chi connectivity index (χ4v) is 5.81. The van der Waals surface area contributed by atoms with E-state index in [0.29, 0.717) is 16.1 Å². The van der Waals surface area contributed by atoms with Gasteiger partial charge in [0, 0.05) is 11.3 Å². The number of anilines is 2. The Balaban J connectivity index is 1.49. The first-order chi connectivity index (χ1) is 15.9. The first-order valence-electron chi connectivity index (χ1n) is 10.7. The van der Waals surface area contributed by atoms with Crippen LogP contribution >= 0.6 is 11.3 Å². The van der Waals surface area contributed by atoms with Crippen LogP contribution < -0.4 is 10.6 Å². The van der Waals surface area contributed by atoms with E-state index in [9.17, 15) is 23.2 Å². The maximum atomic E-state index is 13.9. The number of thiophene rings is 1. The van der Waals surface area contributed by atoms with Gasteiger partial charge in [0.05, 0.1) is 17.8 Å². The second-order valence-corrected chi connectivity index (χ2v) is 9.34. The summed E-state index contributed by atoms with van der Waals surface area (Å²) < 4.78 is 42.5. The minimum Gasteiger partial charge on any atom is -0.363 e. The molecule has 3 heterocycles. The third-order valence-electron chi connectivity index (χ3n) is 6.20. The molecule has 5 rings (SSSR count). The normalized spacial score (nSPS) is 19.7. The Bertz CT molecular complexity index is 1240. The van der Waals surface area contributed by atoms with E-state index < -0.39 is 24.2 Å². The van der Waals surface area contributed by atoms with Crippen molar-refractivity contribution >= 4 is 28.1 Å². The van der Waals surface area contributed by atoms with E-state index in [2.05, 4.69) is 21.8 Å². The number of nitrogens with zero attached hydrogens (tertiary/aromatic N) is 3. The Kier molecular flexibility index (Phi) is 5.37. The van der Waals surface area contributed by atoms with Crippen LogP contribution in [0.3, 0.4) is 0 Å². The number of amides is 1. The summed E-state index contributed by atoms with van der Waals surface area (Å²) in [7, 11) is 0. The van der Waals surface area contributed by atoms with Crippen molar-refractivity contribution in [3.8, 4) is 6.07 Å². The minimum atomic E-state index is -4.52. The predicted octanol–water partition coefficient (Wildman–Crippen LogP) is 5.61. The summed E-state index contributed by atoms with van der Waals surface area (Å²) in [5.74, 6) is -0.566. The van der Waals surface area contributed by atoms with E-state index in [1.807, 2.05) is 0 Å². The van der Waals surface area contributed by atoms with Gasteiger partial charge in [-0.3, -0.25) is 4.79 Å². The molecule has 2 N–H and O–H groups in total. The van der Waals surface area contributed by atoms with Crippen LogP contribution in [0.25, 0.3) is 0 Å². The van der Waals surface area contributed by atoms with Crippen LogP contribution in [-0.4, -0.2) is 21.9 Å². The standard InChI is InChI=1S/C23H20F3N5OS/c24-23(25,26)19-10-17(13-6-2-1-3-7-13)29-20-16(12-28-31(19)20)21(32)30-22-15(11-27)14-8-4-5-9-18(14)33-22/h1-3,6-7,12,17,19,29H,4-5,8-10H2,(H,30,32)/t17-,19+/m1/s1. The van der Waals surface area contributed by atoms with Gasteiger partial charge in [-0.2, -0.15) is 23.5 Å². The van der Waals surface area contributed by atoms with Crippen LogP contribution in [0, 0.1) is 11.3 Å². The summed E-state index contributed by atoms with van der Waals surface area (Å²) in [5, 5.41) is 19.8. The number of nitriles is 1. The Labute approximate surface area is 192 Å². The first kappa shape index (κ1) is 21.5. The van der Waals surface area contributed by atoms with Gasteiger partial charge in [0.1, 0.15) is 22.5 Å². The maximum Gasteiger partial charge on any atom is 0.410 e. The van der Waals surface area contributed by atoms with E-state index in [4.69, 9.17) is 0 Å². The fourth-order valence-electron chi connectivity index (χ4n) is 4.58. The van der Waals surface area contributed by atoms with Crippen LogP contribution in [0.5, 0.6) is 0 Å². The zero-order valence-electron chi connectivity index (χ0n) is 17.4. The lowest BCUT2D eigenvalue weighted by Gasteiger charge is -2.34. The number of alkyl halides is 3. The lowest BCUT2D eigenvalue weighted by molar-refractivity contribution is -0.173. The molecule has 2 atom stereocenters. The minimum absolute atomic E-state index is 0.0140. The zero-order chi connectivity index (χ0) is 23.2. The molecule has 3 aromatic rings. The predicted molar refractivity (Wildman–Crippen MR) is 118 cm³/mol. The summed E-state index contributed by atoms with van der Waals surface area (Å²) in [6, 6.07) is 8.54. The number of halogens is 3. The highest BCUT2D eigenvalue weighted by molar-refractivity contribution is 7.16. The van der Waals surface area contributed by atoms with Crippen LogP contribution in [-0.2, 0) is 12.8 Å². The van der Waals surface area contributed by atoms with Crippen molar-refractivity contribution in [2.45, 2.75) is 50.4 Å². The zero-order valence-corrected chi connectivity index (χ0v) is 18.3. The Morgan fingerprint density at radius 3 is 2.73 bits per heavy atom. The number of hydrogen-bond donors (Lipinski definition) is 2. The number of aryl methyl sites for hydroxylation is 1. The molecular weight excluding hydrogens is 451 g/mol. The number of rotatable bonds is 3. The molecule has 1 aromatic carbocycles. The average molecular weight is 472 g/mol. The molecule has 10 heteroatoms. The summed E-state index contributed by atoms with van der Waals surface area (Å²) in [6.07, 6.45) is 0.0779. The maximum absolute atomic E-state index is 13.9. The molecule has 6 nitrogen and oxygen atoms in total. The highest BCUT2D eigenvalue weighted by Gasteiger charge is 2.47. The van der Waals surface area contributed by atoms with E-state index in [1.54, 1.807) is 30.3 Å². The largest absolute Gasteiger partial charge is 0.410 e. The number of hydrogen-bond acceptors (Lipinski definition) is 5. The highest BCUT2D eigenvalue weighted by atomic mass is 32.1. The van der Waals surface area contributed by atoms with Crippen LogP contribution in [0.1, 0.15) is 63.3 Å². The second-order valence-electron chi connectivity index (χ2n) is 8.23. The molecule has 0 unspecified atom stereocenters. The second kappa shape index (κ2) is 8.23. The van der Waals surface area contributed by atoms with Gasteiger partial charge in [0.2, 0.25) is 0 Å². The van der Waals surface area contributed by atoms with Crippen molar-refractivity contribution in [1.29, 1.82) is 5.26 Å². The molecule has 0 bridgehead atoms. The van der Waals surface area contributed by atoms with Crippen LogP contribution in [0.15, 0.2) is 36.5 Å². The molecular formula is C23H20F3N5OS. The summed E-state index contributed by atoms with van der Waals surface area (Å²) in [6.45, 7) is 0. The number of carbonyl (C=O) groups is 1. The monoisotopic (exact) mass is 471 g/mol. The molecule has 33 heavy (non-hydrogen) atoms. The molecule has 1 aliphatic heterocycles. The van der Waals surface area contributed by atoms with Crippen molar-refractivity contribution in [2.75, 3.05) is 10.6 Å². The Hall–Kier alpha value is -3.32. The van der Waals surface area contributed by atoms with E-state index in [0.717, 1.165) is 47.0 Å². The average Bonchev–Trinajstić information content (AvgIpc) is 3.39. The van der Waals surface area contributed by atoms with E-state index in [-0.39, 0.29) is 17.8 Å². The smallest absolute Gasteiger partial charge is 0.363 e. The van der Waals surface area contributed by atoms with Crippen molar-refractivity contribution in [1.82, 2.24) is 9.78 Å². The van der Waals surface area contributed by atoms with Crippen molar-refractivity contribution in [3.63, 3.8) is 0 Å². The lowest BCUT2D eigenvalue weighted by atomic mass is 9.96. The Morgan fingerprint density at radius 1 is 1.24 bits per heavy atom. The Morgan fingerprint density at radius 2 is 2.00 bits per heavy atom. The van der Waals surface area contributed by atoms with Crippen molar-refractivity contribution < 1.29 is 18.0 Å². The number of carbonyl (C=O) groups excluding carboxylic acids is 1. The van der Waals surface area contributed by atoms with Gasteiger partial charge < -0.3 is 10.6 Å². The fraction of sp³-hybridized carbons (Fsp3) is 0.348. The number of fused-ring (bicyclic) bond motifs is 2. The molecule has 0 saturated heterocycles. The number of benzene rings is 1. The van der Waals surface area contributed by atoms with Crippen molar-refractivity contribution in [2.24, 2.45) is 0 Å². The molecule has 0 saturated carbocycles. The van der Waals surface area contributed by atoms with E-state index in [1.165, 1.54) is 11.3 Å². The first-order valence-corrected chi connectivity index (χ1v) is 11.5. The van der Waals surface area contributed by atoms with Gasteiger partial charge in [0.15, 0.2) is 6.04 Å². The summed E-state index contributed by atoms with van der Waals surface area (Å²) in [4.78, 5) is 14.2. The van der Waals surface area contributed by atoms with Gasteiger partial charge in [0.25, 0.3) is 5.91 Å². The molecule has 1 amide bonds. The molecule has 2 aliphatic rings. The van der Waals surface area contributed by atoms with Crippen molar-refractivity contribution in [3.05, 3.63) is 63.7 Å².